The summed E-state index contributed by atoms with van der Waals surface area (Å²) in [5.74, 6) is -11.9. The van der Waals surface area contributed by atoms with Gasteiger partial charge in [0.05, 0.1) is 36.3 Å². The predicted molar refractivity (Wildman–Crippen MR) is 473 cm³/mol. The smallest absolute Gasteiger partial charge is 0.417 e. The molecule has 4 saturated carbocycles. The summed E-state index contributed by atoms with van der Waals surface area (Å²) in [7, 11) is 1.51. The molecule has 15 bridgehead atoms. The second-order valence-electron chi connectivity index (χ2n) is 36.0. The van der Waals surface area contributed by atoms with Crippen LogP contribution in [-0.4, -0.2) is 238 Å². The average molecular weight is 1860 g/mol. The Morgan fingerprint density at radius 1 is 0.697 bits per heavy atom. The van der Waals surface area contributed by atoms with Gasteiger partial charge in [-0.15, -0.1) is 0 Å². The normalized spacial score (nSPS) is 30.0. The maximum absolute atomic E-state index is 16.6. The maximum Gasteiger partial charge on any atom is 0.417 e. The number of phenolic OH excluding ortho intramolecular Hbond substituents is 2. The zero-order valence-electron chi connectivity index (χ0n) is 74.3. The minimum absolute atomic E-state index is 0.00467. The first-order valence-electron chi connectivity index (χ1n) is 44.7. The number of fused-ring (bicyclic) bond motifs is 15. The Bertz CT molecular complexity index is 5200. The quantitative estimate of drug-likeness (QED) is 0.0354. The van der Waals surface area contributed by atoms with Crippen molar-refractivity contribution in [2.75, 3.05) is 58.4 Å². The molecule has 7 aliphatic heterocycles. The van der Waals surface area contributed by atoms with Crippen molar-refractivity contribution >= 4 is 70.6 Å². The van der Waals surface area contributed by atoms with Gasteiger partial charge < -0.3 is 148 Å². The summed E-state index contributed by atoms with van der Waals surface area (Å²) in [5.41, 5.74) is 9.61. The van der Waals surface area contributed by atoms with E-state index < -0.39 is 227 Å². The number of ether oxygens (including phenoxy) is 9. The number of primary amides is 1. The number of hydrogen-bond donors (Lipinski definition) is 21. The first kappa shape index (κ1) is 97.0. The fourth-order valence-corrected chi connectivity index (χ4v) is 19.6. The Hall–Kier alpha value is -11.0. The molecule has 17 rings (SSSR count). The molecule has 40 heteroatoms. The van der Waals surface area contributed by atoms with E-state index in [9.17, 15) is 55.2 Å². The Balaban J connectivity index is 0.943. The molecule has 7 heterocycles. The largest absolute Gasteiger partial charge is 0.507 e. The zero-order chi connectivity index (χ0) is 94.6. The lowest BCUT2D eigenvalue weighted by molar-refractivity contribution is -0.333. The van der Waals surface area contributed by atoms with Crippen LogP contribution in [0.2, 0.25) is 5.02 Å². The summed E-state index contributed by atoms with van der Waals surface area (Å²) < 4.78 is 57.6. The van der Waals surface area contributed by atoms with Gasteiger partial charge in [-0.25, -0.2) is 4.79 Å². The minimum Gasteiger partial charge on any atom is -0.507 e. The molecule has 2 saturated heterocycles. The van der Waals surface area contributed by atoms with E-state index >= 15 is 28.8 Å². The van der Waals surface area contributed by atoms with Crippen LogP contribution < -0.4 is 98.4 Å². The molecule has 714 valence electrons. The molecule has 12 aliphatic rings. The number of carbonyl (C=O) groups excluding carboxylic acids is 9. The van der Waals surface area contributed by atoms with Gasteiger partial charge in [-0.05, 0) is 203 Å². The number of aliphatic hydroxyl groups is 6. The van der Waals surface area contributed by atoms with Crippen molar-refractivity contribution in [3.8, 4) is 62.9 Å². The first-order chi connectivity index (χ1) is 63.0. The van der Waals surface area contributed by atoms with E-state index in [0.29, 0.717) is 43.8 Å². The Morgan fingerprint density at radius 2 is 1.36 bits per heavy atom. The summed E-state index contributed by atoms with van der Waals surface area (Å²) >= 11 is 7.36. The maximum atomic E-state index is 16.6. The van der Waals surface area contributed by atoms with Crippen molar-refractivity contribution < 1.29 is 127 Å². The van der Waals surface area contributed by atoms with Crippen LogP contribution >= 0.6 is 11.6 Å². The molecule has 39 nitrogen and oxygen atoms in total. The van der Waals surface area contributed by atoms with Crippen LogP contribution in [0.4, 0.5) is 10.5 Å². The lowest BCUT2D eigenvalue weighted by atomic mass is 9.54. The number of anilines is 1. The number of likely N-dealkylation sites (N-methyl/N-ethyl adjacent to an activating group) is 3. The van der Waals surface area contributed by atoms with E-state index in [1.165, 1.54) is 63.4 Å². The van der Waals surface area contributed by atoms with Crippen molar-refractivity contribution in [1.82, 2.24) is 53.2 Å². The van der Waals surface area contributed by atoms with E-state index in [1.54, 1.807) is 13.0 Å². The molecule has 0 aromatic heterocycles. The molecule has 0 unspecified atom stereocenters. The summed E-state index contributed by atoms with van der Waals surface area (Å²) in [5, 5.41) is 127. The number of benzene rings is 5. The van der Waals surface area contributed by atoms with Crippen LogP contribution in [0.5, 0.6) is 51.7 Å². The molecule has 5 aromatic rings. The van der Waals surface area contributed by atoms with Gasteiger partial charge in [0.2, 0.25) is 59.3 Å². The second-order valence-corrected chi connectivity index (χ2v) is 36.4. The van der Waals surface area contributed by atoms with E-state index in [1.807, 2.05) is 27.7 Å². The number of carbonyl (C=O) groups is 9. The zero-order valence-corrected chi connectivity index (χ0v) is 75.1. The standard InChI is InChI=1S/C92H118ClN13O26/c1-9-97-19-21-124-62-18-14-51(34-63(62)125-22-20-98-10-2)99-91(123)127-52-35-54-69(59(109)36-52)53-30-45(11-15-58(53)108)71-85(118)106-75(89(122)104-73(54)87(120)101-70-48-26-43-25-44(28-48)29-49(70)27-43)77(112)47-13-17-61(55(93)31-47)129-65-33-50-32-64(80(65)132-90-81(79(114)78(113)66(39-107)130-90)131-68-38-92(7,95)82(115)42(6)126-68)128-60-16-12-46(24-41(60)5)76(111)74(105-83(116)56(96-8)23-40(3)4)88(121)100-57(37-67(94)110)84(117)102-72(50)86(119)103-71/h11,13-15,17-18,24,30-36,40,42-44,48-49,56-57,66,68,70-79,81-82,90,96-98,107-109,111-115H,9-10,12,16,19-23,25-29,37-39,95H2,1-8H3,(H2,94,110)(H,99,123)(H,100,121)(H,101,120)(H,102,117)(H,103,119)(H,104,122)(H,105,116)(H,106,118)/t42-,43?,44?,48?,49?,56+,57-,66+,68-,70?,71+,72+,73-,74+,75-,76+,77+,78+,79-,81+,82+,90-,92-/m0/s1. The van der Waals surface area contributed by atoms with Crippen LogP contribution in [0.25, 0.3) is 11.1 Å². The number of aromatic hydroxyl groups is 2. The van der Waals surface area contributed by atoms with Crippen LogP contribution in [-0.2, 0) is 52.6 Å². The lowest BCUT2D eigenvalue weighted by Crippen LogP contribution is -2.64. The predicted octanol–water partition coefficient (Wildman–Crippen LogP) is 3.10. The Kier molecular flexibility index (Phi) is 30.6. The summed E-state index contributed by atoms with van der Waals surface area (Å²) in [6, 6.07) is 1.78. The molecule has 5 aliphatic carbocycles. The molecular weight excluding hydrogens is 1740 g/mol. The van der Waals surface area contributed by atoms with E-state index in [4.69, 9.17) is 65.7 Å². The molecule has 23 N–H and O–H groups in total. The molecular formula is C92H118ClN13O26. The molecule has 5 aromatic carbocycles. The van der Waals surface area contributed by atoms with Crippen molar-refractivity contribution in [1.29, 1.82) is 0 Å². The van der Waals surface area contributed by atoms with Crippen molar-refractivity contribution in [3.63, 3.8) is 0 Å². The van der Waals surface area contributed by atoms with Crippen LogP contribution in [0, 0.1) is 29.6 Å². The van der Waals surface area contributed by atoms with Gasteiger partial charge in [-0.2, -0.15) is 0 Å². The second kappa shape index (κ2) is 41.6. The van der Waals surface area contributed by atoms with Crippen LogP contribution in [0.1, 0.15) is 159 Å². The summed E-state index contributed by atoms with van der Waals surface area (Å²) in [6.07, 6.45) is -13.9. The minimum atomic E-state index is -2.33. The van der Waals surface area contributed by atoms with Crippen LogP contribution in [0.15, 0.2) is 102 Å². The SMILES string of the molecule is CCNCCOc1ccc(NC(=O)Oc2cc(O)c3c(c2)[C@@H](C(=O)NC2C4CC5CC(C4)CC2C5)NC(=O)[C@H]2NC(=O)[C@H](NC(=O)[C@@H]4NC(=O)[C@H](CC(N)=O)NC(=O)[C@H](NC(=O)[C@@H](CC(C)C)NC)[C@H](O)C5=CC(C)=C(CC5)Oc5cc4cc(c5O[C@@H]4O[C@H](CO)[C@@H](O)[C@H](O)[C@H]4O[C@H]4C[C@](C)(N)[C@H](O)[C@H](C)O4)Oc4ccc(cc4Cl)[C@H]2O)c2ccc(O)c-3c2)cc1OCCNCC. The summed E-state index contributed by atoms with van der Waals surface area (Å²) in [6.45, 7) is 14.1. The Labute approximate surface area is 766 Å². The first-order valence-corrected chi connectivity index (χ1v) is 45.1. The number of nitrogens with two attached hydrogens (primary N) is 2. The number of phenols is 2. The lowest BCUT2D eigenvalue weighted by Gasteiger charge is -2.54. The summed E-state index contributed by atoms with van der Waals surface area (Å²) in [4.78, 5) is 138. The number of rotatable bonds is 26. The fourth-order valence-electron chi connectivity index (χ4n) is 19.4. The van der Waals surface area contributed by atoms with Gasteiger partial charge in [0.1, 0.15) is 109 Å². The Morgan fingerprint density at radius 3 is 2.02 bits per heavy atom. The van der Waals surface area contributed by atoms with Gasteiger partial charge in [0.15, 0.2) is 35.4 Å². The molecule has 0 spiro atoms. The molecule has 132 heavy (non-hydrogen) atoms. The fraction of sp³-hybridized carbons (Fsp3) is 0.533. The number of nitrogens with one attached hydrogen (secondary N) is 11. The number of hydrogen-bond acceptors (Lipinski definition) is 30. The highest BCUT2D eigenvalue weighted by Gasteiger charge is 2.54. The topological polar surface area (TPSA) is 583 Å². The highest BCUT2D eigenvalue weighted by atomic mass is 35.5. The van der Waals surface area contributed by atoms with Crippen molar-refractivity contribution in [3.05, 3.63) is 129 Å². The molecule has 18 atom stereocenters. The highest BCUT2D eigenvalue weighted by molar-refractivity contribution is 6.32. The monoisotopic (exact) mass is 1860 g/mol. The van der Waals surface area contributed by atoms with Crippen molar-refractivity contribution in [2.24, 2.45) is 41.1 Å². The van der Waals surface area contributed by atoms with Gasteiger partial charge >= 0.3 is 6.09 Å². The van der Waals surface area contributed by atoms with Crippen LogP contribution in [0.3, 0.4) is 0 Å². The van der Waals surface area contributed by atoms with Gasteiger partial charge in [-0.3, -0.25) is 43.7 Å². The number of aliphatic hydroxyl groups excluding tert-OH is 6. The van der Waals surface area contributed by atoms with Gasteiger partial charge in [0.25, 0.3) is 0 Å². The third kappa shape index (κ3) is 21.7. The molecule has 6 fully saturated rings. The highest BCUT2D eigenvalue weighted by Crippen LogP contribution is 2.55. The van der Waals surface area contributed by atoms with E-state index in [0.717, 1.165) is 68.5 Å². The van der Waals surface area contributed by atoms with E-state index in [2.05, 4.69) is 58.5 Å². The third-order valence-corrected chi connectivity index (χ3v) is 26.2. The van der Waals surface area contributed by atoms with Gasteiger partial charge in [0, 0.05) is 66.5 Å². The third-order valence-electron chi connectivity index (χ3n) is 25.9. The number of amides is 9. The van der Waals surface area contributed by atoms with E-state index in [-0.39, 0.29) is 118 Å². The van der Waals surface area contributed by atoms with Gasteiger partial charge in [-0.1, -0.05) is 57.5 Å². The number of halogens is 1. The van der Waals surface area contributed by atoms with Crippen molar-refractivity contribution in [2.45, 2.75) is 228 Å². The average Bonchev–Trinajstić information content (AvgIpc) is 0.753. The number of allylic oxidation sites excluding steroid dienone is 3. The molecule has 0 radical (unpaired) electrons. The molecule has 9 amide bonds.